The Labute approximate surface area is 284 Å². The van der Waals surface area contributed by atoms with Crippen LogP contribution in [0.3, 0.4) is 0 Å². The van der Waals surface area contributed by atoms with Crippen LogP contribution in [-0.4, -0.2) is 9.13 Å². The molecule has 0 saturated heterocycles. The first kappa shape index (κ1) is 29.5. The molecule has 230 valence electrons. The van der Waals surface area contributed by atoms with Gasteiger partial charge in [0.25, 0.3) is 0 Å². The number of fused-ring (bicyclic) bond motifs is 6. The van der Waals surface area contributed by atoms with Gasteiger partial charge in [0.1, 0.15) is 0 Å². The molecule has 6 aromatic carbocycles. The summed E-state index contributed by atoms with van der Waals surface area (Å²) in [5.74, 6) is 0. The highest BCUT2D eigenvalue weighted by molar-refractivity contribution is 6.11. The van der Waals surface area contributed by atoms with Crippen molar-refractivity contribution in [3.63, 3.8) is 0 Å². The summed E-state index contributed by atoms with van der Waals surface area (Å²) in [4.78, 5) is 0. The molecule has 0 atom stereocenters. The first-order valence-electron chi connectivity index (χ1n) is 16.2. The Hall–Kier alpha value is -6.88. The van der Waals surface area contributed by atoms with Crippen molar-refractivity contribution >= 4 is 54.9 Å². The fourth-order valence-corrected chi connectivity index (χ4v) is 7.12. The Morgan fingerprint density at radius 1 is 0.612 bits per heavy atom. The minimum Gasteiger partial charge on any atom is -0.313 e. The second-order valence-corrected chi connectivity index (χ2v) is 12.1. The minimum absolute atomic E-state index is 0.545. The van der Waals surface area contributed by atoms with Gasteiger partial charge >= 0.3 is 0 Å². The van der Waals surface area contributed by atoms with Crippen molar-refractivity contribution in [2.75, 3.05) is 0 Å². The van der Waals surface area contributed by atoms with Gasteiger partial charge in [-0.1, -0.05) is 110 Å². The van der Waals surface area contributed by atoms with Gasteiger partial charge in [-0.15, -0.1) is 0 Å². The molecular formula is C45H30N4. The predicted octanol–water partition coefficient (Wildman–Crippen LogP) is 11.4. The molecule has 0 fully saturated rings. The lowest BCUT2D eigenvalue weighted by Gasteiger charge is -2.16. The van der Waals surface area contributed by atoms with E-state index >= 15 is 0 Å². The molecule has 49 heavy (non-hydrogen) atoms. The summed E-state index contributed by atoms with van der Waals surface area (Å²) in [7, 11) is 0. The Morgan fingerprint density at radius 3 is 1.71 bits per heavy atom. The number of benzene rings is 6. The molecule has 8 rings (SSSR count). The number of para-hydroxylation sites is 4. The van der Waals surface area contributed by atoms with E-state index in [1.165, 1.54) is 10.8 Å². The quantitative estimate of drug-likeness (QED) is 0.172. The number of hydrogen-bond acceptors (Lipinski definition) is 2. The summed E-state index contributed by atoms with van der Waals surface area (Å²) in [6.45, 7) is 6.21. The van der Waals surface area contributed by atoms with Crippen LogP contribution in [0.4, 0.5) is 0 Å². The van der Waals surface area contributed by atoms with Gasteiger partial charge < -0.3 is 9.13 Å². The number of allylic oxidation sites excluding steroid dienone is 5. The normalized spacial score (nSPS) is 12.1. The van der Waals surface area contributed by atoms with E-state index in [4.69, 9.17) is 0 Å². The SMILES string of the molecule is C=C/C(=C\C=C(/C)n1c2ccccc2c2ccccc21)c1ccc(-c2ccc(C#N)cc2-n2c3ccccc3c3ccccc32)cc1C#N. The highest BCUT2D eigenvalue weighted by Crippen LogP contribution is 2.38. The van der Waals surface area contributed by atoms with Crippen molar-refractivity contribution < 1.29 is 0 Å². The van der Waals surface area contributed by atoms with Crippen LogP contribution in [0, 0.1) is 22.7 Å². The fourth-order valence-electron chi connectivity index (χ4n) is 7.12. The summed E-state index contributed by atoms with van der Waals surface area (Å²) in [5, 5.41) is 25.0. The van der Waals surface area contributed by atoms with Gasteiger partial charge in [0.15, 0.2) is 0 Å². The summed E-state index contributed by atoms with van der Waals surface area (Å²) in [6.07, 6.45) is 5.93. The van der Waals surface area contributed by atoms with Gasteiger partial charge in [0.05, 0.1) is 51.0 Å². The van der Waals surface area contributed by atoms with Crippen molar-refractivity contribution in [2.24, 2.45) is 0 Å². The van der Waals surface area contributed by atoms with Crippen LogP contribution in [0.2, 0.25) is 0 Å². The molecule has 0 spiro atoms. The molecule has 0 unspecified atom stereocenters. The van der Waals surface area contributed by atoms with Gasteiger partial charge in [-0.2, -0.15) is 10.5 Å². The maximum absolute atomic E-state index is 10.4. The molecule has 0 radical (unpaired) electrons. The lowest BCUT2D eigenvalue weighted by molar-refractivity contribution is 1.18. The van der Waals surface area contributed by atoms with Gasteiger partial charge in [-0.05, 0) is 72.2 Å². The van der Waals surface area contributed by atoms with Crippen LogP contribution in [0.15, 0.2) is 158 Å². The molecule has 2 heterocycles. The van der Waals surface area contributed by atoms with Gasteiger partial charge in [0.2, 0.25) is 0 Å². The molecular weight excluding hydrogens is 597 g/mol. The van der Waals surface area contributed by atoms with Crippen molar-refractivity contribution in [1.82, 2.24) is 9.13 Å². The highest BCUT2D eigenvalue weighted by Gasteiger charge is 2.17. The Kier molecular flexibility index (Phi) is 7.26. The van der Waals surface area contributed by atoms with Crippen LogP contribution in [0.25, 0.3) is 71.7 Å². The standard InChI is InChI=1S/C45H30N4/c1-3-32(22-20-30(2)48-41-16-8-4-12-37(41)38-13-5-9-17-42(38)48)35-25-23-33(27-34(35)29-47)36-24-21-31(28-46)26-45(36)49-43-18-10-6-14-39(43)40-15-7-11-19-44(40)49/h3-27H,1H2,2H3/b30-20+,32-22+. The van der Waals surface area contributed by atoms with Crippen molar-refractivity contribution in [1.29, 1.82) is 10.5 Å². The first-order chi connectivity index (χ1) is 24.1. The van der Waals surface area contributed by atoms with E-state index in [1.807, 2.05) is 60.7 Å². The number of nitrogens with zero attached hydrogens (tertiary/aromatic N) is 4. The zero-order chi connectivity index (χ0) is 33.5. The summed E-state index contributed by atoms with van der Waals surface area (Å²) >= 11 is 0. The van der Waals surface area contributed by atoms with E-state index in [1.54, 1.807) is 6.08 Å². The van der Waals surface area contributed by atoms with Crippen molar-refractivity contribution in [3.8, 4) is 29.0 Å². The molecule has 8 aromatic rings. The Morgan fingerprint density at radius 2 is 1.16 bits per heavy atom. The van der Waals surface area contributed by atoms with Crippen LogP contribution >= 0.6 is 0 Å². The van der Waals surface area contributed by atoms with E-state index in [2.05, 4.69) is 120 Å². The average molecular weight is 627 g/mol. The summed E-state index contributed by atoms with van der Waals surface area (Å²) < 4.78 is 4.50. The van der Waals surface area contributed by atoms with Crippen molar-refractivity contribution in [3.05, 3.63) is 175 Å². The molecule has 4 nitrogen and oxygen atoms in total. The summed E-state index contributed by atoms with van der Waals surface area (Å²) in [5.41, 5.74) is 10.9. The van der Waals surface area contributed by atoms with Crippen molar-refractivity contribution in [2.45, 2.75) is 6.92 Å². The molecule has 0 bridgehead atoms. The molecule has 0 saturated carbocycles. The molecule has 0 aliphatic heterocycles. The van der Waals surface area contributed by atoms with Crippen LogP contribution < -0.4 is 0 Å². The smallest absolute Gasteiger partial charge is 0.0998 e. The first-order valence-corrected chi connectivity index (χ1v) is 16.2. The number of hydrogen-bond donors (Lipinski definition) is 0. The third-order valence-electron chi connectivity index (χ3n) is 9.37. The second-order valence-electron chi connectivity index (χ2n) is 12.1. The molecule has 4 heteroatoms. The topological polar surface area (TPSA) is 57.4 Å². The third-order valence-corrected chi connectivity index (χ3v) is 9.37. The third kappa shape index (κ3) is 4.83. The fraction of sp³-hybridized carbons (Fsp3) is 0.0222. The van der Waals surface area contributed by atoms with E-state index in [0.29, 0.717) is 11.1 Å². The molecule has 0 aliphatic rings. The molecule has 0 N–H and O–H groups in total. The van der Waals surface area contributed by atoms with Crippen LogP contribution in [0.5, 0.6) is 0 Å². The highest BCUT2D eigenvalue weighted by atomic mass is 15.0. The predicted molar refractivity (Wildman–Crippen MR) is 203 cm³/mol. The van der Waals surface area contributed by atoms with E-state index in [0.717, 1.165) is 66.5 Å². The Bertz CT molecular complexity index is 2660. The number of nitriles is 2. The van der Waals surface area contributed by atoms with E-state index in [-0.39, 0.29) is 0 Å². The maximum Gasteiger partial charge on any atom is 0.0998 e. The van der Waals surface area contributed by atoms with Crippen LogP contribution in [-0.2, 0) is 0 Å². The van der Waals surface area contributed by atoms with E-state index < -0.39 is 0 Å². The van der Waals surface area contributed by atoms with Gasteiger partial charge in [-0.3, -0.25) is 0 Å². The average Bonchev–Trinajstić information content (AvgIpc) is 3.68. The number of rotatable bonds is 6. The lowest BCUT2D eigenvalue weighted by atomic mass is 9.93. The maximum atomic E-state index is 10.4. The number of aromatic nitrogens is 2. The monoisotopic (exact) mass is 626 g/mol. The molecule has 2 aromatic heterocycles. The van der Waals surface area contributed by atoms with Gasteiger partial charge in [0, 0.05) is 32.8 Å². The van der Waals surface area contributed by atoms with Gasteiger partial charge in [-0.25, -0.2) is 0 Å². The van der Waals surface area contributed by atoms with E-state index in [9.17, 15) is 10.5 Å². The Balaban J connectivity index is 1.25. The lowest BCUT2D eigenvalue weighted by Crippen LogP contribution is -1.99. The molecule has 0 amide bonds. The van der Waals surface area contributed by atoms with Crippen LogP contribution in [0.1, 0.15) is 23.6 Å². The largest absolute Gasteiger partial charge is 0.313 e. The molecule has 0 aliphatic carbocycles. The zero-order valence-electron chi connectivity index (χ0n) is 26.9. The zero-order valence-corrected chi connectivity index (χ0v) is 26.9. The minimum atomic E-state index is 0.545. The second kappa shape index (κ2) is 12.0. The summed E-state index contributed by atoms with van der Waals surface area (Å²) in [6, 6.07) is 50.1.